The smallest absolute Gasteiger partial charge is 0.291 e. The van der Waals surface area contributed by atoms with Gasteiger partial charge in [-0.15, -0.1) is 5.10 Å². The van der Waals surface area contributed by atoms with Gasteiger partial charge in [-0.25, -0.2) is 14.2 Å². The minimum absolute atomic E-state index is 0.117. The summed E-state index contributed by atoms with van der Waals surface area (Å²) in [5.41, 5.74) is 2.91. The van der Waals surface area contributed by atoms with Crippen LogP contribution in [0.1, 0.15) is 21.9 Å². The number of aryl methyl sites for hydroxylation is 1. The molecule has 0 bridgehead atoms. The number of para-hydroxylation sites is 1. The Morgan fingerprint density at radius 3 is 2.85 bits per heavy atom. The Balaban J connectivity index is 1.37. The van der Waals surface area contributed by atoms with Crippen LogP contribution in [0.2, 0.25) is 0 Å². The largest absolute Gasteiger partial charge is 0.349 e. The molecular formula is C18H17N7O. The van der Waals surface area contributed by atoms with E-state index in [1.54, 1.807) is 16.9 Å². The molecule has 8 nitrogen and oxygen atoms in total. The summed E-state index contributed by atoms with van der Waals surface area (Å²) in [6, 6.07) is 11.7. The number of aromatic nitrogens is 6. The third-order valence-corrected chi connectivity index (χ3v) is 3.99. The number of fused-ring (bicyclic) bond motifs is 1. The molecule has 1 amide bonds. The van der Waals surface area contributed by atoms with Crippen molar-refractivity contribution in [2.24, 2.45) is 0 Å². The molecule has 1 N–H and O–H groups in total. The molecule has 0 aliphatic carbocycles. The van der Waals surface area contributed by atoms with Gasteiger partial charge in [0.25, 0.3) is 11.7 Å². The third kappa shape index (κ3) is 3.16. The van der Waals surface area contributed by atoms with Crippen LogP contribution in [0, 0.1) is 6.92 Å². The summed E-state index contributed by atoms with van der Waals surface area (Å²) in [6.07, 6.45) is 6.07. The molecule has 0 radical (unpaired) electrons. The lowest BCUT2D eigenvalue weighted by molar-refractivity contribution is 0.0944. The Bertz CT molecular complexity index is 1050. The normalized spacial score (nSPS) is 11.0. The number of carbonyl (C=O) groups excluding carboxylic acids is 1. The van der Waals surface area contributed by atoms with Crippen LogP contribution in [0.15, 0.2) is 55.0 Å². The lowest BCUT2D eigenvalue weighted by Crippen LogP contribution is -2.26. The molecule has 0 unspecified atom stereocenters. The minimum atomic E-state index is -0.314. The van der Waals surface area contributed by atoms with E-state index in [9.17, 15) is 4.79 Å². The van der Waals surface area contributed by atoms with E-state index in [0.29, 0.717) is 18.7 Å². The number of rotatable bonds is 5. The van der Waals surface area contributed by atoms with Gasteiger partial charge in [-0.2, -0.15) is 10.1 Å². The highest BCUT2D eigenvalue weighted by Gasteiger charge is 2.14. The summed E-state index contributed by atoms with van der Waals surface area (Å²) in [6.45, 7) is 2.36. The van der Waals surface area contributed by atoms with E-state index < -0.39 is 0 Å². The SMILES string of the molecule is Cc1ccnc2nc(C(=O)NCCc3cnn(-c4ccccc4)c3)nn12. The second kappa shape index (κ2) is 6.75. The summed E-state index contributed by atoms with van der Waals surface area (Å²) < 4.78 is 3.37. The van der Waals surface area contributed by atoms with E-state index in [0.717, 1.165) is 16.9 Å². The average molecular weight is 347 g/mol. The van der Waals surface area contributed by atoms with Gasteiger partial charge in [0.2, 0.25) is 5.82 Å². The van der Waals surface area contributed by atoms with Gasteiger partial charge in [0.05, 0.1) is 11.9 Å². The zero-order valence-corrected chi connectivity index (χ0v) is 14.2. The molecule has 0 spiro atoms. The van der Waals surface area contributed by atoms with Crippen LogP contribution >= 0.6 is 0 Å². The predicted molar refractivity (Wildman–Crippen MR) is 95.1 cm³/mol. The molecule has 0 saturated carbocycles. The first kappa shape index (κ1) is 15.9. The van der Waals surface area contributed by atoms with Gasteiger partial charge in [-0.1, -0.05) is 18.2 Å². The topological polar surface area (TPSA) is 90.0 Å². The Morgan fingerprint density at radius 1 is 1.19 bits per heavy atom. The maximum atomic E-state index is 12.2. The molecule has 0 atom stereocenters. The van der Waals surface area contributed by atoms with Crippen LogP contribution in [-0.4, -0.2) is 41.8 Å². The molecule has 0 saturated heterocycles. The lowest BCUT2D eigenvalue weighted by atomic mass is 10.2. The monoisotopic (exact) mass is 347 g/mol. The first-order valence-corrected chi connectivity index (χ1v) is 8.26. The average Bonchev–Trinajstić information content (AvgIpc) is 3.30. The van der Waals surface area contributed by atoms with Crippen molar-refractivity contribution in [3.63, 3.8) is 0 Å². The molecule has 8 heteroatoms. The van der Waals surface area contributed by atoms with Crippen molar-refractivity contribution in [2.45, 2.75) is 13.3 Å². The molecule has 0 fully saturated rings. The first-order valence-electron chi connectivity index (χ1n) is 8.26. The second-order valence-electron chi connectivity index (χ2n) is 5.87. The van der Waals surface area contributed by atoms with Crippen LogP contribution in [-0.2, 0) is 6.42 Å². The van der Waals surface area contributed by atoms with E-state index >= 15 is 0 Å². The van der Waals surface area contributed by atoms with Crippen LogP contribution in [0.3, 0.4) is 0 Å². The van der Waals surface area contributed by atoms with Crippen LogP contribution < -0.4 is 5.32 Å². The molecule has 0 aliphatic rings. The standard InChI is InChI=1S/C18H17N7O/c1-13-7-9-20-18-22-16(23-25(13)18)17(26)19-10-8-14-11-21-24(12-14)15-5-3-2-4-6-15/h2-7,9,11-12H,8,10H2,1H3,(H,19,26). The maximum Gasteiger partial charge on any atom is 0.291 e. The highest BCUT2D eigenvalue weighted by molar-refractivity contribution is 5.90. The zero-order valence-electron chi connectivity index (χ0n) is 14.2. The van der Waals surface area contributed by atoms with Crippen molar-refractivity contribution >= 4 is 11.7 Å². The van der Waals surface area contributed by atoms with Gasteiger partial charge in [0, 0.05) is 24.6 Å². The molecule has 3 aromatic heterocycles. The first-order chi connectivity index (χ1) is 12.7. The van der Waals surface area contributed by atoms with E-state index in [1.807, 2.05) is 54.2 Å². The summed E-state index contributed by atoms with van der Waals surface area (Å²) >= 11 is 0. The number of nitrogens with zero attached hydrogens (tertiary/aromatic N) is 6. The summed E-state index contributed by atoms with van der Waals surface area (Å²) in [4.78, 5) is 20.5. The maximum absolute atomic E-state index is 12.2. The van der Waals surface area contributed by atoms with Gasteiger partial charge in [0.15, 0.2) is 0 Å². The Hall–Kier alpha value is -3.55. The number of amides is 1. The molecule has 4 aromatic rings. The van der Waals surface area contributed by atoms with E-state index in [2.05, 4.69) is 25.5 Å². The quantitative estimate of drug-likeness (QED) is 0.592. The van der Waals surface area contributed by atoms with Crippen molar-refractivity contribution in [1.29, 1.82) is 0 Å². The van der Waals surface area contributed by atoms with E-state index in [-0.39, 0.29) is 11.7 Å². The lowest BCUT2D eigenvalue weighted by Gasteiger charge is -2.01. The number of nitrogens with one attached hydrogen (secondary N) is 1. The zero-order chi connectivity index (χ0) is 17.9. The van der Waals surface area contributed by atoms with Crippen molar-refractivity contribution in [3.05, 3.63) is 72.1 Å². The number of hydrogen-bond acceptors (Lipinski definition) is 5. The Labute approximate surface area is 149 Å². The second-order valence-corrected chi connectivity index (χ2v) is 5.87. The number of benzene rings is 1. The predicted octanol–water partition coefficient (Wildman–Crippen LogP) is 1.59. The summed E-state index contributed by atoms with van der Waals surface area (Å²) in [5.74, 6) is 0.219. The molecular weight excluding hydrogens is 330 g/mol. The van der Waals surface area contributed by atoms with Crippen molar-refractivity contribution in [3.8, 4) is 5.69 Å². The van der Waals surface area contributed by atoms with Crippen molar-refractivity contribution in [2.75, 3.05) is 6.54 Å². The number of carbonyl (C=O) groups is 1. The van der Waals surface area contributed by atoms with Gasteiger partial charge in [-0.05, 0) is 37.1 Å². The highest BCUT2D eigenvalue weighted by atomic mass is 16.2. The third-order valence-electron chi connectivity index (χ3n) is 3.99. The van der Waals surface area contributed by atoms with E-state index in [4.69, 9.17) is 0 Å². The molecule has 0 aliphatic heterocycles. The van der Waals surface area contributed by atoms with Gasteiger partial charge in [-0.3, -0.25) is 4.79 Å². The van der Waals surface area contributed by atoms with Crippen LogP contribution in [0.4, 0.5) is 0 Å². The van der Waals surface area contributed by atoms with Crippen LogP contribution in [0.5, 0.6) is 0 Å². The van der Waals surface area contributed by atoms with E-state index in [1.165, 1.54) is 0 Å². The molecule has 130 valence electrons. The van der Waals surface area contributed by atoms with Crippen LogP contribution in [0.25, 0.3) is 11.5 Å². The molecule has 1 aromatic carbocycles. The molecule has 3 heterocycles. The van der Waals surface area contributed by atoms with Gasteiger partial charge in [0.1, 0.15) is 0 Å². The van der Waals surface area contributed by atoms with Crippen molar-refractivity contribution in [1.82, 2.24) is 34.7 Å². The summed E-state index contributed by atoms with van der Waals surface area (Å²) in [5, 5.41) is 11.4. The number of hydrogen-bond donors (Lipinski definition) is 1. The molecule has 26 heavy (non-hydrogen) atoms. The fraction of sp³-hybridized carbons (Fsp3) is 0.167. The minimum Gasteiger partial charge on any atom is -0.349 e. The fourth-order valence-corrected chi connectivity index (χ4v) is 2.61. The van der Waals surface area contributed by atoms with Gasteiger partial charge < -0.3 is 5.32 Å². The molecule has 4 rings (SSSR count). The Morgan fingerprint density at radius 2 is 2.04 bits per heavy atom. The van der Waals surface area contributed by atoms with Gasteiger partial charge >= 0.3 is 0 Å². The van der Waals surface area contributed by atoms with Crippen molar-refractivity contribution < 1.29 is 4.79 Å². The highest BCUT2D eigenvalue weighted by Crippen LogP contribution is 2.08. The summed E-state index contributed by atoms with van der Waals surface area (Å²) in [7, 11) is 0. The fourth-order valence-electron chi connectivity index (χ4n) is 2.61. The Kier molecular flexibility index (Phi) is 4.14.